The molecule has 1 N–H and O–H groups in total. The highest BCUT2D eigenvalue weighted by molar-refractivity contribution is 5.80. The van der Waals surface area contributed by atoms with Crippen LogP contribution in [0.2, 0.25) is 0 Å². The van der Waals surface area contributed by atoms with Gasteiger partial charge in [0.05, 0.1) is 20.8 Å². The summed E-state index contributed by atoms with van der Waals surface area (Å²) < 4.78 is 10.2. The molecule has 1 aromatic carbocycles. The molecule has 0 bridgehead atoms. The molecule has 4 nitrogen and oxygen atoms in total. The molecule has 0 atom stereocenters. The molecule has 0 radical (unpaired) electrons. The van der Waals surface area contributed by atoms with Crippen molar-refractivity contribution in [2.75, 3.05) is 26.1 Å². The van der Waals surface area contributed by atoms with Gasteiger partial charge in [-0.3, -0.25) is 4.79 Å². The number of hydrogen-bond donors (Lipinski definition) is 1. The molecular weight excluding hydrogens is 194 g/mol. The summed E-state index contributed by atoms with van der Waals surface area (Å²) in [4.78, 5) is 10.8. The molecule has 82 valence electrons. The van der Waals surface area contributed by atoms with Crippen molar-refractivity contribution >= 4 is 11.5 Å². The minimum absolute atomic E-state index is 0.0804. The van der Waals surface area contributed by atoms with Crippen LogP contribution in [-0.4, -0.2) is 26.5 Å². The van der Waals surface area contributed by atoms with E-state index in [2.05, 4.69) is 5.32 Å². The second-order valence-electron chi connectivity index (χ2n) is 3.16. The topological polar surface area (TPSA) is 47.6 Å². The number of ether oxygens (including phenoxy) is 2. The van der Waals surface area contributed by atoms with Crippen LogP contribution in [0.3, 0.4) is 0 Å². The Morgan fingerprint density at radius 3 is 2.13 bits per heavy atom. The zero-order valence-corrected chi connectivity index (χ0v) is 9.16. The van der Waals surface area contributed by atoms with Crippen LogP contribution < -0.4 is 14.8 Å². The van der Waals surface area contributed by atoms with E-state index in [1.165, 1.54) is 6.92 Å². The van der Waals surface area contributed by atoms with Gasteiger partial charge in [0.15, 0.2) is 0 Å². The quantitative estimate of drug-likeness (QED) is 0.801. The number of ketones is 1. The van der Waals surface area contributed by atoms with Crippen molar-refractivity contribution in [2.45, 2.75) is 6.92 Å². The number of methoxy groups -OCH3 is 2. The summed E-state index contributed by atoms with van der Waals surface area (Å²) in [5, 5.41) is 2.98. The SMILES string of the molecule is COc1cc(NCC(C)=O)cc(OC)c1. The van der Waals surface area contributed by atoms with E-state index in [9.17, 15) is 4.79 Å². The molecule has 0 saturated heterocycles. The van der Waals surface area contributed by atoms with Crippen LogP contribution in [0.4, 0.5) is 5.69 Å². The first kappa shape index (κ1) is 11.4. The Hall–Kier alpha value is -1.71. The fourth-order valence-electron chi connectivity index (χ4n) is 1.14. The van der Waals surface area contributed by atoms with E-state index in [1.54, 1.807) is 20.3 Å². The van der Waals surface area contributed by atoms with Crippen molar-refractivity contribution in [2.24, 2.45) is 0 Å². The first-order valence-electron chi connectivity index (χ1n) is 4.62. The Labute approximate surface area is 89.2 Å². The van der Waals surface area contributed by atoms with E-state index in [-0.39, 0.29) is 5.78 Å². The van der Waals surface area contributed by atoms with Crippen molar-refractivity contribution in [3.63, 3.8) is 0 Å². The summed E-state index contributed by atoms with van der Waals surface area (Å²) in [6, 6.07) is 5.40. The molecule has 0 aromatic heterocycles. The van der Waals surface area contributed by atoms with E-state index in [0.29, 0.717) is 18.0 Å². The number of nitrogens with one attached hydrogen (secondary N) is 1. The smallest absolute Gasteiger partial charge is 0.148 e. The second-order valence-corrected chi connectivity index (χ2v) is 3.16. The fraction of sp³-hybridized carbons (Fsp3) is 0.364. The maximum Gasteiger partial charge on any atom is 0.148 e. The summed E-state index contributed by atoms with van der Waals surface area (Å²) >= 11 is 0. The van der Waals surface area contributed by atoms with E-state index in [0.717, 1.165) is 5.69 Å². The molecule has 0 aliphatic rings. The van der Waals surface area contributed by atoms with Crippen LogP contribution in [-0.2, 0) is 4.79 Å². The van der Waals surface area contributed by atoms with Gasteiger partial charge in [0.1, 0.15) is 17.3 Å². The number of carbonyl (C=O) groups is 1. The van der Waals surface area contributed by atoms with Crippen molar-refractivity contribution < 1.29 is 14.3 Å². The molecule has 0 spiro atoms. The zero-order chi connectivity index (χ0) is 11.3. The van der Waals surface area contributed by atoms with E-state index < -0.39 is 0 Å². The maximum atomic E-state index is 10.8. The molecule has 0 amide bonds. The zero-order valence-electron chi connectivity index (χ0n) is 9.16. The number of anilines is 1. The molecule has 0 saturated carbocycles. The lowest BCUT2D eigenvalue weighted by Crippen LogP contribution is -2.09. The lowest BCUT2D eigenvalue weighted by molar-refractivity contribution is -0.115. The Kier molecular flexibility index (Phi) is 3.97. The van der Waals surface area contributed by atoms with Gasteiger partial charge in [0, 0.05) is 23.9 Å². The average molecular weight is 209 g/mol. The summed E-state index contributed by atoms with van der Waals surface area (Å²) in [6.07, 6.45) is 0. The Morgan fingerprint density at radius 1 is 1.20 bits per heavy atom. The Balaban J connectivity index is 2.81. The van der Waals surface area contributed by atoms with E-state index >= 15 is 0 Å². The average Bonchev–Trinajstić information content (AvgIpc) is 2.25. The molecule has 0 fully saturated rings. The van der Waals surface area contributed by atoms with E-state index in [1.807, 2.05) is 12.1 Å². The van der Waals surface area contributed by atoms with Gasteiger partial charge in [-0.05, 0) is 6.92 Å². The highest BCUT2D eigenvalue weighted by Crippen LogP contribution is 2.25. The lowest BCUT2D eigenvalue weighted by atomic mass is 10.2. The molecule has 0 heterocycles. The van der Waals surface area contributed by atoms with E-state index in [4.69, 9.17) is 9.47 Å². The van der Waals surface area contributed by atoms with Crippen molar-refractivity contribution in [3.05, 3.63) is 18.2 Å². The third-order valence-electron chi connectivity index (χ3n) is 1.89. The second kappa shape index (κ2) is 5.24. The number of hydrogen-bond acceptors (Lipinski definition) is 4. The number of rotatable bonds is 5. The first-order chi connectivity index (χ1) is 7.15. The molecule has 0 aliphatic heterocycles. The molecular formula is C11H15NO3. The number of benzene rings is 1. The van der Waals surface area contributed by atoms with Crippen molar-refractivity contribution in [3.8, 4) is 11.5 Å². The van der Waals surface area contributed by atoms with Gasteiger partial charge in [-0.25, -0.2) is 0 Å². The highest BCUT2D eigenvalue weighted by Gasteiger charge is 2.01. The normalized spacial score (nSPS) is 9.53. The fourth-order valence-corrected chi connectivity index (χ4v) is 1.14. The summed E-state index contributed by atoms with van der Waals surface area (Å²) in [7, 11) is 3.17. The summed E-state index contributed by atoms with van der Waals surface area (Å²) in [5.74, 6) is 1.47. The first-order valence-corrected chi connectivity index (χ1v) is 4.62. The van der Waals surface area contributed by atoms with Gasteiger partial charge in [0.25, 0.3) is 0 Å². The highest BCUT2D eigenvalue weighted by atomic mass is 16.5. The Bertz CT molecular complexity index is 327. The van der Waals surface area contributed by atoms with Gasteiger partial charge < -0.3 is 14.8 Å². The van der Waals surface area contributed by atoms with Crippen LogP contribution in [0.5, 0.6) is 11.5 Å². The summed E-state index contributed by atoms with van der Waals surface area (Å²) in [6.45, 7) is 1.83. The molecule has 15 heavy (non-hydrogen) atoms. The molecule has 1 rings (SSSR count). The van der Waals surface area contributed by atoms with Gasteiger partial charge in [-0.2, -0.15) is 0 Å². The van der Waals surface area contributed by atoms with Crippen LogP contribution in [0.15, 0.2) is 18.2 Å². The lowest BCUT2D eigenvalue weighted by Gasteiger charge is -2.09. The van der Waals surface area contributed by atoms with Crippen molar-refractivity contribution in [1.82, 2.24) is 0 Å². The van der Waals surface area contributed by atoms with Crippen LogP contribution in [0.25, 0.3) is 0 Å². The standard InChI is InChI=1S/C11H15NO3/c1-8(13)7-12-9-4-10(14-2)6-11(5-9)15-3/h4-6,12H,7H2,1-3H3. The predicted octanol–water partition coefficient (Wildman–Crippen LogP) is 1.70. The molecule has 1 aromatic rings. The monoisotopic (exact) mass is 209 g/mol. The maximum absolute atomic E-state index is 10.8. The van der Waals surface area contributed by atoms with Crippen LogP contribution in [0, 0.1) is 0 Å². The largest absolute Gasteiger partial charge is 0.497 e. The summed E-state index contributed by atoms with van der Waals surface area (Å²) in [5.41, 5.74) is 0.807. The van der Waals surface area contributed by atoms with Gasteiger partial charge in [0.2, 0.25) is 0 Å². The van der Waals surface area contributed by atoms with Gasteiger partial charge in [-0.1, -0.05) is 0 Å². The Morgan fingerprint density at radius 2 is 1.73 bits per heavy atom. The minimum Gasteiger partial charge on any atom is -0.497 e. The van der Waals surface area contributed by atoms with Crippen molar-refractivity contribution in [1.29, 1.82) is 0 Å². The predicted molar refractivity (Wildman–Crippen MR) is 58.7 cm³/mol. The molecule has 4 heteroatoms. The van der Waals surface area contributed by atoms with Gasteiger partial charge >= 0.3 is 0 Å². The minimum atomic E-state index is 0.0804. The number of Topliss-reactive ketones (excluding diaryl/α,β-unsaturated/α-hetero) is 1. The molecule has 0 aliphatic carbocycles. The number of carbonyl (C=O) groups excluding carboxylic acids is 1. The van der Waals surface area contributed by atoms with Crippen LogP contribution in [0.1, 0.15) is 6.92 Å². The van der Waals surface area contributed by atoms with Crippen LogP contribution >= 0.6 is 0 Å². The third kappa shape index (κ3) is 3.50. The third-order valence-corrected chi connectivity index (χ3v) is 1.89. The molecule has 0 unspecified atom stereocenters. The van der Waals surface area contributed by atoms with Gasteiger partial charge in [-0.15, -0.1) is 0 Å².